The first-order valence-corrected chi connectivity index (χ1v) is 10.9. The molecule has 2 aromatic carbocycles. The van der Waals surface area contributed by atoms with Crippen LogP contribution in [0.25, 0.3) is 10.9 Å². The van der Waals surface area contributed by atoms with E-state index in [1.165, 1.54) is 0 Å². The first kappa shape index (κ1) is 20.8. The number of rotatable bonds is 5. The molecule has 0 aliphatic carbocycles. The Hall–Kier alpha value is -4.13. The molecule has 5 rings (SSSR count). The maximum Gasteiger partial charge on any atom is 0.349 e. The minimum atomic E-state index is -0.669. The van der Waals surface area contributed by atoms with Gasteiger partial charge in [-0.3, -0.25) is 9.59 Å². The normalized spacial score (nSPS) is 12.9. The number of carbonyl (C=O) groups is 2. The van der Waals surface area contributed by atoms with Gasteiger partial charge in [0.2, 0.25) is 0 Å². The van der Waals surface area contributed by atoms with E-state index in [2.05, 4.69) is 21.7 Å². The molecule has 0 saturated carbocycles. The van der Waals surface area contributed by atoms with Crippen LogP contribution in [0.2, 0.25) is 0 Å². The molecule has 0 spiro atoms. The summed E-state index contributed by atoms with van der Waals surface area (Å²) < 4.78 is 5.48. The number of aryl methyl sites for hydroxylation is 3. The molecule has 1 aliphatic rings. The van der Waals surface area contributed by atoms with Crippen molar-refractivity contribution in [1.29, 1.82) is 0 Å². The second kappa shape index (κ2) is 8.43. The largest absolute Gasteiger partial charge is 0.427 e. The summed E-state index contributed by atoms with van der Waals surface area (Å²) in [5.74, 6) is -0.187. The molecule has 0 saturated heterocycles. The second-order valence-corrected chi connectivity index (χ2v) is 8.25. The third-order valence-electron chi connectivity index (χ3n) is 6.03. The van der Waals surface area contributed by atoms with Crippen LogP contribution in [-0.2, 0) is 19.3 Å². The topological polar surface area (TPSA) is 104 Å². The lowest BCUT2D eigenvalue weighted by atomic mass is 9.99. The van der Waals surface area contributed by atoms with Crippen LogP contribution in [0, 0.1) is 6.92 Å². The van der Waals surface area contributed by atoms with Crippen LogP contribution >= 0.6 is 0 Å². The number of amides is 2. The van der Waals surface area contributed by atoms with E-state index in [1.807, 2.05) is 30.5 Å². The summed E-state index contributed by atoms with van der Waals surface area (Å²) in [5.41, 5.74) is 3.99. The van der Waals surface area contributed by atoms with Crippen LogP contribution in [0.4, 0.5) is 5.69 Å². The van der Waals surface area contributed by atoms with Crippen molar-refractivity contribution in [2.75, 3.05) is 11.9 Å². The van der Waals surface area contributed by atoms with Crippen molar-refractivity contribution in [2.45, 2.75) is 26.2 Å². The van der Waals surface area contributed by atoms with E-state index in [0.717, 1.165) is 28.5 Å². The summed E-state index contributed by atoms with van der Waals surface area (Å²) in [5, 5.41) is 6.65. The van der Waals surface area contributed by atoms with E-state index in [4.69, 9.17) is 4.42 Å². The van der Waals surface area contributed by atoms with Crippen molar-refractivity contribution in [3.05, 3.63) is 98.7 Å². The highest BCUT2D eigenvalue weighted by atomic mass is 16.4. The highest BCUT2D eigenvalue weighted by Crippen LogP contribution is 2.21. The van der Waals surface area contributed by atoms with Gasteiger partial charge in [0.15, 0.2) is 0 Å². The zero-order chi connectivity index (χ0) is 22.9. The van der Waals surface area contributed by atoms with Crippen LogP contribution in [0.15, 0.2) is 63.9 Å². The number of hydrogen-bond acceptors (Lipinski definition) is 4. The lowest BCUT2D eigenvalue weighted by Gasteiger charge is -2.17. The molecule has 0 atom stereocenters. The molecule has 0 bridgehead atoms. The number of para-hydroxylation sites is 1. The van der Waals surface area contributed by atoms with E-state index < -0.39 is 11.5 Å². The Morgan fingerprint density at radius 2 is 1.94 bits per heavy atom. The summed E-state index contributed by atoms with van der Waals surface area (Å²) in [7, 11) is 0. The van der Waals surface area contributed by atoms with Crippen molar-refractivity contribution in [3.8, 4) is 0 Å². The summed E-state index contributed by atoms with van der Waals surface area (Å²) in [6, 6.07) is 15.0. The summed E-state index contributed by atoms with van der Waals surface area (Å²) in [4.78, 5) is 40.8. The Morgan fingerprint density at radius 3 is 2.79 bits per heavy atom. The third-order valence-corrected chi connectivity index (χ3v) is 6.03. The number of aromatic amines is 1. The average Bonchev–Trinajstić information content (AvgIpc) is 3.21. The molecule has 3 heterocycles. The van der Waals surface area contributed by atoms with Gasteiger partial charge in [0.1, 0.15) is 11.3 Å². The van der Waals surface area contributed by atoms with Gasteiger partial charge in [0.05, 0.1) is 0 Å². The van der Waals surface area contributed by atoms with Crippen LogP contribution in [-0.4, -0.2) is 23.3 Å². The Labute approximate surface area is 189 Å². The summed E-state index contributed by atoms with van der Waals surface area (Å²) in [6.45, 7) is 2.33. The van der Waals surface area contributed by atoms with Gasteiger partial charge >= 0.3 is 5.63 Å². The lowest BCUT2D eigenvalue weighted by molar-refractivity contribution is 0.0944. The van der Waals surface area contributed by atoms with Gasteiger partial charge in [0.25, 0.3) is 11.8 Å². The quantitative estimate of drug-likeness (QED) is 0.439. The molecule has 166 valence electrons. The van der Waals surface area contributed by atoms with E-state index in [0.29, 0.717) is 42.0 Å². The fraction of sp³-hybridized carbons (Fsp3) is 0.192. The smallest absolute Gasteiger partial charge is 0.349 e. The van der Waals surface area contributed by atoms with Crippen LogP contribution in [0.5, 0.6) is 0 Å². The van der Waals surface area contributed by atoms with Gasteiger partial charge in [-0.2, -0.15) is 0 Å². The molecule has 2 amide bonds. The predicted octanol–water partition coefficient (Wildman–Crippen LogP) is 3.75. The fourth-order valence-electron chi connectivity index (χ4n) is 4.35. The van der Waals surface area contributed by atoms with Crippen LogP contribution in [0.1, 0.15) is 43.2 Å². The molecule has 0 radical (unpaired) electrons. The van der Waals surface area contributed by atoms with Crippen molar-refractivity contribution >= 4 is 28.4 Å². The molecule has 1 aliphatic heterocycles. The number of anilines is 1. The first-order valence-electron chi connectivity index (χ1n) is 10.9. The van der Waals surface area contributed by atoms with Gasteiger partial charge in [-0.15, -0.1) is 0 Å². The van der Waals surface area contributed by atoms with Crippen LogP contribution < -0.4 is 16.3 Å². The summed E-state index contributed by atoms with van der Waals surface area (Å²) >= 11 is 0. The molecular weight excluding hydrogens is 418 g/mol. The number of aromatic nitrogens is 1. The van der Waals surface area contributed by atoms with E-state index in [1.54, 1.807) is 25.1 Å². The number of benzene rings is 2. The predicted molar refractivity (Wildman–Crippen MR) is 126 cm³/mol. The SMILES string of the molecule is Cc1cc(CCc2c[nH]c3ccccc23)oc(=O)c1C(=O)Nc1ccc2c(c1)C(=O)NCC2. The highest BCUT2D eigenvalue weighted by Gasteiger charge is 2.20. The van der Waals surface area contributed by atoms with Crippen molar-refractivity contribution in [3.63, 3.8) is 0 Å². The lowest BCUT2D eigenvalue weighted by Crippen LogP contribution is -2.32. The minimum Gasteiger partial charge on any atom is -0.427 e. The second-order valence-electron chi connectivity index (χ2n) is 8.25. The first-order chi connectivity index (χ1) is 16.0. The minimum absolute atomic E-state index is 0.0342. The maximum absolute atomic E-state index is 12.8. The zero-order valence-corrected chi connectivity index (χ0v) is 18.2. The molecule has 3 N–H and O–H groups in total. The fourth-order valence-corrected chi connectivity index (χ4v) is 4.35. The monoisotopic (exact) mass is 441 g/mol. The molecule has 0 unspecified atom stereocenters. The molecule has 0 fully saturated rings. The van der Waals surface area contributed by atoms with Gasteiger partial charge in [0, 0.05) is 41.3 Å². The van der Waals surface area contributed by atoms with Crippen molar-refractivity contribution < 1.29 is 14.0 Å². The van der Waals surface area contributed by atoms with E-state index in [-0.39, 0.29) is 11.5 Å². The van der Waals surface area contributed by atoms with E-state index in [9.17, 15) is 14.4 Å². The zero-order valence-electron chi connectivity index (χ0n) is 18.2. The Morgan fingerprint density at radius 1 is 1.09 bits per heavy atom. The highest BCUT2D eigenvalue weighted by molar-refractivity contribution is 6.06. The number of carbonyl (C=O) groups excluding carboxylic acids is 2. The van der Waals surface area contributed by atoms with Gasteiger partial charge < -0.3 is 20.0 Å². The number of nitrogens with one attached hydrogen (secondary N) is 3. The molecular formula is C26H23N3O4. The number of H-pyrrole nitrogens is 1. The summed E-state index contributed by atoms with van der Waals surface area (Å²) in [6.07, 6.45) is 3.96. The molecule has 2 aromatic heterocycles. The van der Waals surface area contributed by atoms with Gasteiger partial charge in [-0.1, -0.05) is 24.3 Å². The standard InChI is InChI=1S/C26H23N3O4/c1-15-12-19(9-7-17-14-28-22-5-3-2-4-20(17)22)33-26(32)23(15)25(31)29-18-8-6-16-10-11-27-24(30)21(16)13-18/h2-6,8,12-14,28H,7,9-11H2,1H3,(H,27,30)(H,29,31). The average molecular weight is 441 g/mol. The van der Waals surface area contributed by atoms with Crippen molar-refractivity contribution in [2.24, 2.45) is 0 Å². The van der Waals surface area contributed by atoms with Crippen LogP contribution in [0.3, 0.4) is 0 Å². The molecule has 33 heavy (non-hydrogen) atoms. The molecule has 7 heteroatoms. The third kappa shape index (κ3) is 4.05. The Kier molecular flexibility index (Phi) is 5.30. The molecule has 7 nitrogen and oxygen atoms in total. The van der Waals surface area contributed by atoms with Gasteiger partial charge in [-0.25, -0.2) is 4.79 Å². The number of hydrogen-bond donors (Lipinski definition) is 3. The maximum atomic E-state index is 12.8. The molecule has 4 aromatic rings. The van der Waals surface area contributed by atoms with Crippen molar-refractivity contribution in [1.82, 2.24) is 10.3 Å². The Bertz CT molecular complexity index is 1450. The van der Waals surface area contributed by atoms with Gasteiger partial charge in [-0.05, 0) is 60.7 Å². The Balaban J connectivity index is 1.33. The van der Waals surface area contributed by atoms with E-state index >= 15 is 0 Å². The number of fused-ring (bicyclic) bond motifs is 2.